The lowest BCUT2D eigenvalue weighted by atomic mass is 9.98. The van der Waals surface area contributed by atoms with Gasteiger partial charge in [0.15, 0.2) is 0 Å². The number of carboxylic acid groups (broad SMARTS) is 1. The molecule has 5 rings (SSSR count). The van der Waals surface area contributed by atoms with E-state index < -0.39 is 34.2 Å². The number of phenols is 1. The van der Waals surface area contributed by atoms with Crippen molar-refractivity contribution in [3.05, 3.63) is 144 Å². The Hall–Kier alpha value is -5.71. The Morgan fingerprint density at radius 2 is 1.27 bits per heavy atom. The zero-order valence-corrected chi connectivity index (χ0v) is 27.3. The fourth-order valence-electron chi connectivity index (χ4n) is 5.16. The van der Waals surface area contributed by atoms with Crippen LogP contribution in [0.15, 0.2) is 127 Å². The molecule has 0 aliphatic rings. The number of rotatable bonds is 11. The first-order valence-electron chi connectivity index (χ1n) is 15.0. The van der Waals surface area contributed by atoms with E-state index in [1.165, 1.54) is 42.3 Å². The van der Waals surface area contributed by atoms with Crippen LogP contribution in [0.2, 0.25) is 0 Å². The van der Waals surface area contributed by atoms with Crippen LogP contribution in [-0.4, -0.2) is 48.4 Å². The van der Waals surface area contributed by atoms with E-state index in [1.807, 2.05) is 79.7 Å². The third kappa shape index (κ3) is 7.46. The molecule has 0 spiro atoms. The van der Waals surface area contributed by atoms with Crippen molar-refractivity contribution in [2.24, 2.45) is 5.73 Å². The average Bonchev–Trinajstić information content (AvgIpc) is 3.07. The van der Waals surface area contributed by atoms with Crippen molar-refractivity contribution in [2.45, 2.75) is 18.4 Å². The third-order valence-electron chi connectivity index (χ3n) is 8.01. The van der Waals surface area contributed by atoms with Gasteiger partial charge in [0.1, 0.15) is 11.3 Å². The summed E-state index contributed by atoms with van der Waals surface area (Å²) in [5, 5.41) is 19.8. The number of hydrogen-bond acceptors (Lipinski definition) is 6. The second-order valence-electron chi connectivity index (χ2n) is 11.4. The predicted octanol–water partition coefficient (Wildman–Crippen LogP) is 6.52. The Balaban J connectivity index is 1.37. The summed E-state index contributed by atoms with van der Waals surface area (Å²) in [5.74, 6) is -2.41. The largest absolute Gasteiger partial charge is 0.507 e. The lowest BCUT2D eigenvalue weighted by molar-refractivity contribution is -0.118. The molecular formula is C38H35N3O6S. The first kappa shape index (κ1) is 33.6. The van der Waals surface area contributed by atoms with E-state index >= 15 is 0 Å². The van der Waals surface area contributed by atoms with Crippen molar-refractivity contribution < 1.29 is 28.2 Å². The first-order valence-corrected chi connectivity index (χ1v) is 16.4. The van der Waals surface area contributed by atoms with Crippen LogP contribution < -0.4 is 10.6 Å². The van der Waals surface area contributed by atoms with Crippen molar-refractivity contribution in [3.8, 4) is 28.0 Å². The third-order valence-corrected chi connectivity index (χ3v) is 9.83. The van der Waals surface area contributed by atoms with Gasteiger partial charge in [0.25, 0.3) is 0 Å². The van der Waals surface area contributed by atoms with Gasteiger partial charge in [-0.15, -0.1) is 0 Å². The highest BCUT2D eigenvalue weighted by molar-refractivity contribution is 7.89. The van der Waals surface area contributed by atoms with E-state index in [4.69, 9.17) is 5.73 Å². The number of aromatic carboxylic acids is 1. The number of hydrogen-bond donors (Lipinski definition) is 3. The molecule has 0 fully saturated rings. The molecule has 0 atom stereocenters. The highest BCUT2D eigenvalue weighted by atomic mass is 32.2. The molecule has 1 amide bonds. The molecule has 0 unspecified atom stereocenters. The van der Waals surface area contributed by atoms with Crippen molar-refractivity contribution in [2.75, 3.05) is 18.5 Å². The quantitative estimate of drug-likeness (QED) is 0.146. The lowest BCUT2D eigenvalue weighted by Gasteiger charge is -2.26. The molecule has 0 aromatic heterocycles. The van der Waals surface area contributed by atoms with Crippen molar-refractivity contribution >= 4 is 33.3 Å². The number of aryl methyl sites for hydroxylation is 1. The summed E-state index contributed by atoms with van der Waals surface area (Å²) in [7, 11) is -2.66. The van der Waals surface area contributed by atoms with Gasteiger partial charge in [-0.2, -0.15) is 4.31 Å². The van der Waals surface area contributed by atoms with E-state index in [2.05, 4.69) is 6.58 Å². The number of carbonyl (C=O) groups excluding carboxylic acids is 1. The molecule has 0 heterocycles. The molecule has 0 aliphatic carbocycles. The molecule has 9 nitrogen and oxygen atoms in total. The minimum absolute atomic E-state index is 0.0353. The normalized spacial score (nSPS) is 11.3. The average molecular weight is 662 g/mol. The molecule has 5 aromatic rings. The zero-order chi connectivity index (χ0) is 34.6. The summed E-state index contributed by atoms with van der Waals surface area (Å²) in [6.45, 7) is 5.15. The first-order chi connectivity index (χ1) is 22.8. The number of carboxylic acids is 1. The molecule has 48 heavy (non-hydrogen) atoms. The molecule has 10 heteroatoms. The van der Waals surface area contributed by atoms with Crippen LogP contribution in [-0.2, 0) is 21.4 Å². The maximum Gasteiger partial charge on any atom is 0.339 e. The summed E-state index contributed by atoms with van der Waals surface area (Å²) in [6.07, 6.45) is 0. The van der Waals surface area contributed by atoms with Crippen LogP contribution in [0.5, 0.6) is 5.75 Å². The molecule has 0 bridgehead atoms. The summed E-state index contributed by atoms with van der Waals surface area (Å²) in [6, 6.07) is 33.7. The molecule has 0 aliphatic heterocycles. The molecule has 0 saturated heterocycles. The number of amides is 1. The minimum atomic E-state index is -3.98. The number of anilines is 1. The molecule has 4 N–H and O–H groups in total. The fourth-order valence-corrected chi connectivity index (χ4v) is 6.28. The van der Waals surface area contributed by atoms with Crippen molar-refractivity contribution in [1.29, 1.82) is 0 Å². The Morgan fingerprint density at radius 1 is 0.771 bits per heavy atom. The van der Waals surface area contributed by atoms with E-state index in [-0.39, 0.29) is 22.7 Å². The van der Waals surface area contributed by atoms with Crippen LogP contribution in [0, 0.1) is 6.92 Å². The summed E-state index contributed by atoms with van der Waals surface area (Å²) in [5.41, 5.74) is 12.7. The Labute approximate surface area is 279 Å². The van der Waals surface area contributed by atoms with Gasteiger partial charge in [-0.1, -0.05) is 97.1 Å². The number of carbonyl (C=O) groups is 2. The molecule has 5 aromatic carbocycles. The Bertz CT molecular complexity index is 2080. The van der Waals surface area contributed by atoms with Crippen LogP contribution in [0.4, 0.5) is 5.69 Å². The van der Waals surface area contributed by atoms with E-state index in [0.29, 0.717) is 5.70 Å². The maximum absolute atomic E-state index is 13.7. The highest BCUT2D eigenvalue weighted by Gasteiger charge is 2.27. The van der Waals surface area contributed by atoms with Crippen LogP contribution in [0.3, 0.4) is 0 Å². The number of likely N-dealkylation sites (N-methyl/N-ethyl adjacent to an activating group) is 1. The zero-order valence-electron chi connectivity index (χ0n) is 26.5. The van der Waals surface area contributed by atoms with Crippen LogP contribution >= 0.6 is 0 Å². The topological polar surface area (TPSA) is 141 Å². The molecule has 244 valence electrons. The van der Waals surface area contributed by atoms with Gasteiger partial charge >= 0.3 is 5.97 Å². The number of nitrogens with two attached hydrogens (primary N) is 1. The Kier molecular flexibility index (Phi) is 9.79. The van der Waals surface area contributed by atoms with Gasteiger partial charge in [0, 0.05) is 24.5 Å². The van der Waals surface area contributed by atoms with E-state index in [0.717, 1.165) is 43.2 Å². The van der Waals surface area contributed by atoms with Gasteiger partial charge in [0.2, 0.25) is 15.9 Å². The Morgan fingerprint density at radius 3 is 1.75 bits per heavy atom. The van der Waals surface area contributed by atoms with Gasteiger partial charge in [0.05, 0.1) is 18.0 Å². The molecular weight excluding hydrogens is 627 g/mol. The van der Waals surface area contributed by atoms with Gasteiger partial charge in [-0.25, -0.2) is 13.2 Å². The second kappa shape index (κ2) is 14.0. The predicted molar refractivity (Wildman–Crippen MR) is 188 cm³/mol. The fraction of sp³-hybridized carbons (Fsp3) is 0.105. The molecule has 0 saturated carbocycles. The number of benzene rings is 5. The summed E-state index contributed by atoms with van der Waals surface area (Å²) in [4.78, 5) is 26.6. The standard InChI is InChI=1S/C38H35N3O6S/c1-25-4-19-34(20-5-25)48(46,47)40(3)24-37(43)41(33-18-21-35(38(44)45)36(42)22-33)23-27-6-8-29(9-7-27)31-14-16-32(17-15-31)30-12-10-28(11-13-30)26(2)39/h4-22,42H,2,23-24,39H2,1,3H3,(H,44,45). The van der Waals surface area contributed by atoms with Crippen molar-refractivity contribution in [3.63, 3.8) is 0 Å². The smallest absolute Gasteiger partial charge is 0.339 e. The number of nitrogens with zero attached hydrogens (tertiary/aromatic N) is 2. The minimum Gasteiger partial charge on any atom is -0.507 e. The second-order valence-corrected chi connectivity index (χ2v) is 13.5. The van der Waals surface area contributed by atoms with E-state index in [9.17, 15) is 28.2 Å². The lowest BCUT2D eigenvalue weighted by Crippen LogP contribution is -2.41. The monoisotopic (exact) mass is 661 g/mol. The van der Waals surface area contributed by atoms with Crippen LogP contribution in [0.1, 0.15) is 27.0 Å². The van der Waals surface area contributed by atoms with Gasteiger partial charge in [-0.05, 0) is 64.6 Å². The van der Waals surface area contributed by atoms with Gasteiger partial charge < -0.3 is 20.8 Å². The highest BCUT2D eigenvalue weighted by Crippen LogP contribution is 2.29. The SMILES string of the molecule is C=C(N)c1ccc(-c2ccc(-c3ccc(CN(C(=O)CN(C)S(=O)(=O)c4ccc(C)cc4)c4ccc(C(=O)O)c(O)c4)cc3)cc2)cc1. The maximum atomic E-state index is 13.7. The number of sulfonamides is 1. The summed E-state index contributed by atoms with van der Waals surface area (Å²) < 4.78 is 27.4. The number of aromatic hydroxyl groups is 1. The van der Waals surface area contributed by atoms with Gasteiger partial charge in [-0.3, -0.25) is 4.79 Å². The summed E-state index contributed by atoms with van der Waals surface area (Å²) >= 11 is 0. The van der Waals surface area contributed by atoms with Crippen molar-refractivity contribution in [1.82, 2.24) is 4.31 Å². The van der Waals surface area contributed by atoms with Crippen LogP contribution in [0.25, 0.3) is 28.0 Å². The van der Waals surface area contributed by atoms with E-state index in [1.54, 1.807) is 12.1 Å². The molecule has 0 radical (unpaired) electrons.